The first-order chi connectivity index (χ1) is 13.2. The van der Waals surface area contributed by atoms with Crippen LogP contribution >= 0.6 is 24.0 Å². The zero-order chi connectivity index (χ0) is 18.8. The molecular formula is C22H30N2OS2. The van der Waals surface area contributed by atoms with Crippen LogP contribution in [0.4, 0.5) is 0 Å². The van der Waals surface area contributed by atoms with Gasteiger partial charge in [0.15, 0.2) is 0 Å². The quantitative estimate of drug-likeness (QED) is 0.629. The Morgan fingerprint density at radius 3 is 2.70 bits per heavy atom. The van der Waals surface area contributed by atoms with Crippen LogP contribution in [0, 0.1) is 0 Å². The Bertz CT molecular complexity index is 810. The first-order valence-electron chi connectivity index (χ1n) is 10.2. The summed E-state index contributed by atoms with van der Waals surface area (Å²) in [7, 11) is 2.25. The van der Waals surface area contributed by atoms with Crippen LogP contribution < -0.4 is 4.74 Å². The number of aromatic nitrogens is 1. The molecule has 1 saturated heterocycles. The number of ether oxygens (including phenoxy) is 1. The smallest absolute Gasteiger partial charge is 0.144 e. The van der Waals surface area contributed by atoms with Crippen molar-refractivity contribution in [1.82, 2.24) is 9.47 Å². The van der Waals surface area contributed by atoms with Gasteiger partial charge in [0.25, 0.3) is 0 Å². The topological polar surface area (TPSA) is 17.4 Å². The Morgan fingerprint density at radius 2 is 2.00 bits per heavy atom. The van der Waals surface area contributed by atoms with Gasteiger partial charge in [-0.15, -0.1) is 0 Å². The first kappa shape index (κ1) is 19.3. The molecule has 1 atom stereocenters. The van der Waals surface area contributed by atoms with Crippen LogP contribution in [0.25, 0.3) is 10.9 Å². The molecule has 4 rings (SSSR count). The lowest BCUT2D eigenvalue weighted by atomic mass is 9.98. The van der Waals surface area contributed by atoms with Crippen molar-refractivity contribution in [2.24, 2.45) is 0 Å². The second-order valence-electron chi connectivity index (χ2n) is 8.03. The third-order valence-corrected chi connectivity index (χ3v) is 7.45. The van der Waals surface area contributed by atoms with Crippen LogP contribution in [0.2, 0.25) is 0 Å². The fraction of sp³-hybridized carbons (Fsp3) is 0.591. The van der Waals surface area contributed by atoms with E-state index in [2.05, 4.69) is 47.2 Å². The number of hydrogen-bond acceptors (Lipinski definition) is 4. The molecule has 146 valence electrons. The van der Waals surface area contributed by atoms with Gasteiger partial charge in [0.05, 0.1) is 11.6 Å². The van der Waals surface area contributed by atoms with Crippen molar-refractivity contribution in [3.63, 3.8) is 0 Å². The van der Waals surface area contributed by atoms with Crippen LogP contribution in [0.15, 0.2) is 24.4 Å². The maximum Gasteiger partial charge on any atom is 0.144 e. The second kappa shape index (κ2) is 8.54. The van der Waals surface area contributed by atoms with Crippen molar-refractivity contribution in [1.29, 1.82) is 0 Å². The molecule has 0 bridgehead atoms. The largest absolute Gasteiger partial charge is 0.490 e. The van der Waals surface area contributed by atoms with Gasteiger partial charge in [0.1, 0.15) is 10.1 Å². The Balaban J connectivity index is 1.66. The number of nitrogens with zero attached hydrogens (tertiary/aromatic N) is 2. The van der Waals surface area contributed by atoms with Gasteiger partial charge in [-0.1, -0.05) is 30.4 Å². The van der Waals surface area contributed by atoms with E-state index in [0.717, 1.165) is 16.5 Å². The molecular weight excluding hydrogens is 372 g/mol. The minimum atomic E-state index is 0.384. The molecule has 3 nitrogen and oxygen atoms in total. The highest BCUT2D eigenvalue weighted by molar-refractivity contribution is 8.22. The summed E-state index contributed by atoms with van der Waals surface area (Å²) in [5.41, 5.74) is 2.61. The molecule has 0 spiro atoms. The third kappa shape index (κ3) is 4.20. The molecule has 1 unspecified atom stereocenters. The van der Waals surface area contributed by atoms with Crippen molar-refractivity contribution in [2.75, 3.05) is 19.8 Å². The van der Waals surface area contributed by atoms with Gasteiger partial charge in [0.2, 0.25) is 0 Å². The summed E-state index contributed by atoms with van der Waals surface area (Å²) in [6.07, 6.45) is 14.7. The number of likely N-dealkylation sites (tertiary alicyclic amines) is 1. The highest BCUT2D eigenvalue weighted by atomic mass is 32.2. The predicted octanol–water partition coefficient (Wildman–Crippen LogP) is 5.49. The maximum atomic E-state index is 6.35. The molecule has 0 radical (unpaired) electrons. The lowest BCUT2D eigenvalue weighted by Crippen LogP contribution is -2.26. The highest BCUT2D eigenvalue weighted by Gasteiger charge is 2.23. The van der Waals surface area contributed by atoms with Crippen molar-refractivity contribution >= 4 is 39.2 Å². The molecule has 1 aromatic carbocycles. The van der Waals surface area contributed by atoms with Crippen molar-refractivity contribution < 1.29 is 4.74 Å². The minimum absolute atomic E-state index is 0.384. The van der Waals surface area contributed by atoms with Crippen LogP contribution in [-0.2, 0) is 6.42 Å². The minimum Gasteiger partial charge on any atom is -0.490 e. The molecule has 2 heterocycles. The third-order valence-electron chi connectivity index (χ3n) is 6.21. The normalized spacial score (nSPS) is 21.8. The fourth-order valence-corrected chi connectivity index (χ4v) is 5.13. The van der Waals surface area contributed by atoms with Gasteiger partial charge in [-0.3, -0.25) is 0 Å². The molecule has 2 aromatic rings. The average molecular weight is 403 g/mol. The number of thiocarbonyl (C=S) groups is 1. The summed E-state index contributed by atoms with van der Waals surface area (Å²) in [6, 6.07) is 7.21. The molecule has 0 amide bonds. The fourth-order valence-electron chi connectivity index (χ4n) is 4.63. The van der Waals surface area contributed by atoms with Crippen LogP contribution in [0.3, 0.4) is 0 Å². The highest BCUT2D eigenvalue weighted by Crippen LogP contribution is 2.32. The number of rotatable bonds is 4. The van der Waals surface area contributed by atoms with Gasteiger partial charge in [-0.2, -0.15) is 0 Å². The predicted molar refractivity (Wildman–Crippen MR) is 120 cm³/mol. The summed E-state index contributed by atoms with van der Waals surface area (Å²) in [5, 5.41) is 1.31. The molecule has 0 N–H and O–H groups in total. The standard InChI is InChI=1S/C22H30N2OS2/c1-23-12-6-7-17(23)13-16-15-24(22(26)27-2)21-11-10-19(14-20(16)21)25-18-8-4-3-5-9-18/h10-11,14-15,17-18H,3-9,12-13H2,1-2H3. The van der Waals surface area contributed by atoms with E-state index in [-0.39, 0.29) is 0 Å². The van der Waals surface area contributed by atoms with Gasteiger partial charge in [-0.25, -0.2) is 0 Å². The first-order valence-corrected chi connectivity index (χ1v) is 11.9. The van der Waals surface area contributed by atoms with Gasteiger partial charge >= 0.3 is 0 Å². The second-order valence-corrected chi connectivity index (χ2v) is 9.47. The van der Waals surface area contributed by atoms with E-state index in [9.17, 15) is 0 Å². The van der Waals surface area contributed by atoms with Crippen molar-refractivity contribution in [2.45, 2.75) is 63.5 Å². The molecule has 2 aliphatic rings. The Kier molecular flexibility index (Phi) is 6.10. The molecule has 2 fully saturated rings. The molecule has 1 aromatic heterocycles. The van der Waals surface area contributed by atoms with Crippen molar-refractivity contribution in [3.8, 4) is 5.75 Å². The summed E-state index contributed by atoms with van der Waals surface area (Å²) in [4.78, 5) is 2.50. The lowest BCUT2D eigenvalue weighted by Gasteiger charge is -2.23. The van der Waals surface area contributed by atoms with E-state index in [1.807, 2.05) is 0 Å². The summed E-state index contributed by atoms with van der Waals surface area (Å²) < 4.78 is 9.44. The molecule has 1 aliphatic heterocycles. The number of thioether (sulfide) groups is 1. The summed E-state index contributed by atoms with van der Waals surface area (Å²) in [5.74, 6) is 1.02. The van der Waals surface area contributed by atoms with Gasteiger partial charge in [0, 0.05) is 17.6 Å². The van der Waals surface area contributed by atoms with Gasteiger partial charge in [-0.05, 0) is 88.6 Å². The zero-order valence-corrected chi connectivity index (χ0v) is 18.1. The molecule has 1 aliphatic carbocycles. The van der Waals surface area contributed by atoms with E-state index < -0.39 is 0 Å². The Hall–Kier alpha value is -1.04. The molecule has 27 heavy (non-hydrogen) atoms. The monoisotopic (exact) mass is 402 g/mol. The van der Waals surface area contributed by atoms with E-state index in [0.29, 0.717) is 12.1 Å². The average Bonchev–Trinajstić information content (AvgIpc) is 3.26. The maximum absolute atomic E-state index is 6.35. The summed E-state index contributed by atoms with van der Waals surface area (Å²) >= 11 is 7.25. The number of fused-ring (bicyclic) bond motifs is 1. The van der Waals surface area contributed by atoms with E-state index in [1.54, 1.807) is 11.8 Å². The van der Waals surface area contributed by atoms with Crippen molar-refractivity contribution in [3.05, 3.63) is 30.0 Å². The van der Waals surface area contributed by atoms with E-state index >= 15 is 0 Å². The number of hydrogen-bond donors (Lipinski definition) is 0. The summed E-state index contributed by atoms with van der Waals surface area (Å²) in [6.45, 7) is 1.21. The zero-order valence-electron chi connectivity index (χ0n) is 16.4. The van der Waals surface area contributed by atoms with Crippen LogP contribution in [0.1, 0.15) is 50.5 Å². The lowest BCUT2D eigenvalue weighted by molar-refractivity contribution is 0.155. The van der Waals surface area contributed by atoms with Gasteiger partial charge < -0.3 is 14.2 Å². The number of likely N-dealkylation sites (N-methyl/N-ethyl adjacent to an activating group) is 1. The van der Waals surface area contributed by atoms with E-state index in [4.69, 9.17) is 17.0 Å². The molecule has 1 saturated carbocycles. The molecule has 5 heteroatoms. The Morgan fingerprint density at radius 1 is 1.19 bits per heavy atom. The SMILES string of the molecule is CSC(=S)n1cc(CC2CCCN2C)c2cc(OC3CCCCC3)ccc21. The number of benzene rings is 1. The van der Waals surface area contributed by atoms with Crippen LogP contribution in [-0.4, -0.2) is 45.8 Å². The Labute approximate surface area is 172 Å². The van der Waals surface area contributed by atoms with Crippen LogP contribution in [0.5, 0.6) is 5.75 Å². The van der Waals surface area contributed by atoms with E-state index in [1.165, 1.54) is 68.0 Å².